The van der Waals surface area contributed by atoms with E-state index in [1.165, 1.54) is 0 Å². The Bertz CT molecular complexity index is 1520. The third-order valence-corrected chi connectivity index (χ3v) is 8.27. The molecule has 8 heteroatoms. The molecule has 1 aliphatic heterocycles. The zero-order valence-electron chi connectivity index (χ0n) is 26.7. The maximum atomic E-state index is 14.8. The first-order valence-corrected chi connectivity index (χ1v) is 15.8. The van der Waals surface area contributed by atoms with Gasteiger partial charge in [0.2, 0.25) is 5.91 Å². The van der Waals surface area contributed by atoms with Crippen LogP contribution in [0.15, 0.2) is 72.8 Å². The Morgan fingerprint density at radius 2 is 1.71 bits per heavy atom. The predicted molar refractivity (Wildman–Crippen MR) is 174 cm³/mol. The lowest BCUT2D eigenvalue weighted by atomic mass is 9.79. The summed E-state index contributed by atoms with van der Waals surface area (Å²) in [6.07, 6.45) is 2.70. The van der Waals surface area contributed by atoms with E-state index in [2.05, 4.69) is 36.4 Å². The molecule has 2 aliphatic rings. The molecule has 2 amide bonds. The number of benzene rings is 3. The molecule has 0 N–H and O–H groups in total. The van der Waals surface area contributed by atoms with Crippen LogP contribution in [-0.2, 0) is 14.3 Å². The van der Waals surface area contributed by atoms with Crippen LogP contribution in [-0.4, -0.2) is 62.0 Å². The van der Waals surface area contributed by atoms with E-state index in [0.29, 0.717) is 49.6 Å². The molecule has 8 nitrogen and oxygen atoms in total. The van der Waals surface area contributed by atoms with E-state index >= 15 is 0 Å². The zero-order valence-corrected chi connectivity index (χ0v) is 26.7. The van der Waals surface area contributed by atoms with Crippen molar-refractivity contribution < 1.29 is 23.8 Å². The average molecular weight is 610 g/mol. The van der Waals surface area contributed by atoms with E-state index < -0.39 is 17.6 Å². The summed E-state index contributed by atoms with van der Waals surface area (Å²) in [5.74, 6) is -0.157. The monoisotopic (exact) mass is 609 g/mol. The highest BCUT2D eigenvalue weighted by Gasteiger charge is 2.44. The van der Waals surface area contributed by atoms with Crippen molar-refractivity contribution in [2.45, 2.75) is 64.0 Å². The van der Waals surface area contributed by atoms with E-state index in [4.69, 9.17) is 14.2 Å². The summed E-state index contributed by atoms with van der Waals surface area (Å²) in [4.78, 5) is 31.6. The number of carbonyl (C=O) groups excluding carboxylic acids is 2. The number of nitrogens with zero attached hydrogens (tertiary/aromatic N) is 3. The highest BCUT2D eigenvalue weighted by Crippen LogP contribution is 2.41. The summed E-state index contributed by atoms with van der Waals surface area (Å²) in [6, 6.07) is 26.2. The van der Waals surface area contributed by atoms with E-state index in [1.54, 1.807) is 24.1 Å². The van der Waals surface area contributed by atoms with Crippen molar-refractivity contribution in [3.63, 3.8) is 0 Å². The van der Waals surface area contributed by atoms with Crippen LogP contribution in [0.25, 0.3) is 11.1 Å². The average Bonchev–Trinajstić information content (AvgIpc) is 3.88. The molecule has 2 fully saturated rings. The van der Waals surface area contributed by atoms with Gasteiger partial charge in [-0.2, -0.15) is 5.26 Å². The van der Waals surface area contributed by atoms with E-state index in [9.17, 15) is 14.9 Å². The molecule has 3 aromatic carbocycles. The first kappa shape index (κ1) is 32.1. The van der Waals surface area contributed by atoms with Crippen LogP contribution in [0.3, 0.4) is 0 Å². The zero-order chi connectivity index (χ0) is 32.0. The molecule has 5 rings (SSSR count). The van der Waals surface area contributed by atoms with Gasteiger partial charge in [0.15, 0.2) is 0 Å². The number of piperidine rings is 1. The number of methoxy groups -OCH3 is 1. The number of hydrogen-bond donors (Lipinski definition) is 0. The highest BCUT2D eigenvalue weighted by molar-refractivity contribution is 5.97. The van der Waals surface area contributed by atoms with Crippen LogP contribution in [0.1, 0.15) is 63.5 Å². The minimum Gasteiger partial charge on any atom is -0.492 e. The summed E-state index contributed by atoms with van der Waals surface area (Å²) >= 11 is 0. The molecule has 0 spiro atoms. The lowest BCUT2D eigenvalue weighted by Gasteiger charge is -2.40. The van der Waals surface area contributed by atoms with Gasteiger partial charge in [-0.25, -0.2) is 4.79 Å². The summed E-state index contributed by atoms with van der Waals surface area (Å²) < 4.78 is 16.8. The standard InChI is InChI=1S/C37H43N3O5/c1-37(2,3)45-36(42)39-19-18-32(28-13-8-12-27(22-28)26-10-6-5-7-11-26)33(25-39)35(41)40(30-16-17-30)31-15-14-29(24-38)34(23-31)44-21-9-20-43-4/h5-8,10-15,22-23,30,32-33H,9,16-21,25H2,1-4H3/t32-,33+/m1/s1. The maximum absolute atomic E-state index is 14.8. The number of hydrogen-bond acceptors (Lipinski definition) is 6. The number of rotatable bonds is 10. The SMILES string of the molecule is COCCCOc1cc(N(C(=O)[C@H]2CN(C(=O)OC(C)(C)C)CC[C@@H]2c2cccc(-c3ccccc3)c2)C2CC2)ccc1C#N. The molecule has 2 atom stereocenters. The maximum Gasteiger partial charge on any atom is 0.410 e. The van der Waals surface area contributed by atoms with Crippen molar-refractivity contribution >= 4 is 17.7 Å². The van der Waals surface area contributed by atoms with Crippen LogP contribution < -0.4 is 9.64 Å². The Hall–Kier alpha value is -4.35. The van der Waals surface area contributed by atoms with Gasteiger partial charge >= 0.3 is 6.09 Å². The number of likely N-dealkylation sites (tertiary alicyclic amines) is 1. The van der Waals surface area contributed by atoms with Gasteiger partial charge in [-0.1, -0.05) is 54.6 Å². The van der Waals surface area contributed by atoms with E-state index in [1.807, 2.05) is 56.0 Å². The van der Waals surface area contributed by atoms with Gasteiger partial charge in [0.1, 0.15) is 17.4 Å². The molecule has 1 saturated carbocycles. The second kappa shape index (κ2) is 14.2. The van der Waals surface area contributed by atoms with Crippen molar-refractivity contribution in [3.8, 4) is 22.9 Å². The van der Waals surface area contributed by atoms with Gasteiger partial charge in [0.05, 0.1) is 18.1 Å². The van der Waals surface area contributed by atoms with Gasteiger partial charge in [-0.15, -0.1) is 0 Å². The smallest absolute Gasteiger partial charge is 0.410 e. The Morgan fingerprint density at radius 1 is 0.956 bits per heavy atom. The summed E-state index contributed by atoms with van der Waals surface area (Å²) in [6.45, 7) is 7.26. The van der Waals surface area contributed by atoms with Gasteiger partial charge in [-0.3, -0.25) is 4.79 Å². The van der Waals surface area contributed by atoms with Crippen molar-refractivity contribution in [2.75, 3.05) is 38.3 Å². The molecule has 1 saturated heterocycles. The van der Waals surface area contributed by atoms with Gasteiger partial charge in [-0.05, 0) is 74.8 Å². The van der Waals surface area contributed by atoms with Crippen molar-refractivity contribution in [2.24, 2.45) is 5.92 Å². The molecular weight excluding hydrogens is 566 g/mol. The third kappa shape index (κ3) is 8.03. The van der Waals surface area contributed by atoms with Crippen LogP contribution in [0.4, 0.5) is 10.5 Å². The molecule has 1 heterocycles. The predicted octanol–water partition coefficient (Wildman–Crippen LogP) is 7.18. The van der Waals surface area contributed by atoms with Crippen LogP contribution >= 0.6 is 0 Å². The van der Waals surface area contributed by atoms with Gasteiger partial charge in [0, 0.05) is 51.0 Å². The fourth-order valence-corrected chi connectivity index (χ4v) is 5.96. The topological polar surface area (TPSA) is 92.1 Å². The third-order valence-electron chi connectivity index (χ3n) is 8.27. The lowest BCUT2D eigenvalue weighted by molar-refractivity contribution is -0.124. The van der Waals surface area contributed by atoms with Crippen LogP contribution in [0, 0.1) is 17.2 Å². The Kier molecular flexibility index (Phi) is 10.1. The lowest BCUT2D eigenvalue weighted by Crippen LogP contribution is -2.51. The molecule has 236 valence electrons. The van der Waals surface area contributed by atoms with Crippen LogP contribution in [0.2, 0.25) is 0 Å². The van der Waals surface area contributed by atoms with Crippen molar-refractivity contribution in [3.05, 3.63) is 83.9 Å². The number of anilines is 1. The fraction of sp³-hybridized carbons (Fsp3) is 0.432. The van der Waals surface area contributed by atoms with Crippen molar-refractivity contribution in [1.82, 2.24) is 4.90 Å². The normalized spacial score (nSPS) is 18.2. The summed E-state index contributed by atoms with van der Waals surface area (Å²) in [5, 5.41) is 9.73. The largest absolute Gasteiger partial charge is 0.492 e. The quantitative estimate of drug-likeness (QED) is 0.226. The molecule has 0 aromatic heterocycles. The molecule has 0 unspecified atom stereocenters. The van der Waals surface area contributed by atoms with E-state index in [-0.39, 0.29) is 24.4 Å². The number of nitriles is 1. The number of ether oxygens (including phenoxy) is 3. The summed E-state index contributed by atoms with van der Waals surface area (Å²) in [5.41, 5.74) is 3.77. The molecule has 1 aliphatic carbocycles. The molecule has 45 heavy (non-hydrogen) atoms. The van der Waals surface area contributed by atoms with Crippen LogP contribution in [0.5, 0.6) is 5.75 Å². The first-order valence-electron chi connectivity index (χ1n) is 15.8. The molecule has 3 aromatic rings. The van der Waals surface area contributed by atoms with E-state index in [0.717, 1.165) is 29.5 Å². The Balaban J connectivity index is 1.48. The fourth-order valence-electron chi connectivity index (χ4n) is 5.96. The molecular formula is C37H43N3O5. The summed E-state index contributed by atoms with van der Waals surface area (Å²) in [7, 11) is 1.64. The van der Waals surface area contributed by atoms with Gasteiger partial charge in [0.25, 0.3) is 0 Å². The Labute approximate surface area is 266 Å². The molecule has 0 radical (unpaired) electrons. The minimum atomic E-state index is -0.639. The minimum absolute atomic E-state index is 0.0316. The number of amides is 2. The van der Waals surface area contributed by atoms with Gasteiger partial charge < -0.3 is 24.0 Å². The first-order chi connectivity index (χ1) is 21.7. The second-order valence-corrected chi connectivity index (χ2v) is 12.8. The Morgan fingerprint density at radius 3 is 2.40 bits per heavy atom. The second-order valence-electron chi connectivity index (χ2n) is 12.8. The van der Waals surface area contributed by atoms with Crippen molar-refractivity contribution in [1.29, 1.82) is 5.26 Å². The number of carbonyl (C=O) groups is 2. The highest BCUT2D eigenvalue weighted by atomic mass is 16.6. The molecule has 0 bridgehead atoms.